The maximum absolute atomic E-state index is 13.9. The number of aromatic nitrogens is 2. The van der Waals surface area contributed by atoms with E-state index in [0.29, 0.717) is 37.3 Å². The van der Waals surface area contributed by atoms with Crippen LogP contribution in [0.3, 0.4) is 0 Å². The smallest absolute Gasteiger partial charge is 0.255 e. The Morgan fingerprint density at radius 1 is 0.921 bits per heavy atom. The van der Waals surface area contributed by atoms with Crippen molar-refractivity contribution in [3.05, 3.63) is 108 Å². The maximum Gasteiger partial charge on any atom is 0.255 e. The molecule has 0 atom stereocenters. The van der Waals surface area contributed by atoms with Crippen molar-refractivity contribution >= 4 is 17.5 Å². The molecule has 2 amide bonds. The van der Waals surface area contributed by atoms with Crippen molar-refractivity contribution in [2.75, 3.05) is 18.0 Å². The SMILES string of the molecule is CC(C)(C)NC(=O)c1ccccc1C(=O)N1CCN(Cc2c[nH]cn2)c2ccc(-c3ccccc3)cc2C1. The van der Waals surface area contributed by atoms with Crippen molar-refractivity contribution in [2.24, 2.45) is 0 Å². The van der Waals surface area contributed by atoms with Gasteiger partial charge in [0.15, 0.2) is 0 Å². The van der Waals surface area contributed by atoms with E-state index >= 15 is 0 Å². The van der Waals surface area contributed by atoms with Gasteiger partial charge in [-0.15, -0.1) is 0 Å². The highest BCUT2D eigenvalue weighted by atomic mass is 16.2. The predicted molar refractivity (Wildman–Crippen MR) is 150 cm³/mol. The second kappa shape index (κ2) is 10.5. The van der Waals surface area contributed by atoms with Crippen LogP contribution >= 0.6 is 0 Å². The summed E-state index contributed by atoms with van der Waals surface area (Å²) in [4.78, 5) is 38.6. The number of nitrogens with one attached hydrogen (secondary N) is 2. The van der Waals surface area contributed by atoms with Gasteiger partial charge in [0, 0.05) is 37.1 Å². The lowest BCUT2D eigenvalue weighted by Gasteiger charge is -2.25. The molecule has 7 heteroatoms. The molecule has 7 nitrogen and oxygen atoms in total. The van der Waals surface area contributed by atoms with Crippen LogP contribution < -0.4 is 10.2 Å². The second-order valence-electron chi connectivity index (χ2n) is 10.7. The van der Waals surface area contributed by atoms with E-state index in [2.05, 4.69) is 50.5 Å². The van der Waals surface area contributed by atoms with Crippen LogP contribution in [0.25, 0.3) is 11.1 Å². The van der Waals surface area contributed by atoms with Crippen molar-refractivity contribution in [1.29, 1.82) is 0 Å². The molecule has 0 fully saturated rings. The first-order chi connectivity index (χ1) is 18.3. The maximum atomic E-state index is 13.9. The van der Waals surface area contributed by atoms with E-state index in [1.807, 2.05) is 56.1 Å². The molecule has 1 aliphatic rings. The molecule has 0 unspecified atom stereocenters. The first-order valence-corrected chi connectivity index (χ1v) is 12.9. The van der Waals surface area contributed by atoms with Gasteiger partial charge in [-0.25, -0.2) is 4.98 Å². The Labute approximate surface area is 223 Å². The molecule has 5 rings (SSSR count). The number of nitrogens with zero attached hydrogens (tertiary/aromatic N) is 3. The largest absolute Gasteiger partial charge is 0.364 e. The van der Waals surface area contributed by atoms with Crippen LogP contribution in [-0.4, -0.2) is 45.3 Å². The molecular formula is C31H33N5O2. The zero-order chi connectivity index (χ0) is 26.7. The molecule has 1 aliphatic heterocycles. The molecule has 0 spiro atoms. The molecule has 3 aromatic carbocycles. The fourth-order valence-corrected chi connectivity index (χ4v) is 4.83. The molecule has 0 radical (unpaired) electrons. The number of fused-ring (bicyclic) bond motifs is 1. The van der Waals surface area contributed by atoms with Gasteiger partial charge in [0.25, 0.3) is 11.8 Å². The van der Waals surface area contributed by atoms with E-state index in [1.54, 1.807) is 24.5 Å². The number of aromatic amines is 1. The van der Waals surface area contributed by atoms with Crippen LogP contribution in [0.2, 0.25) is 0 Å². The average Bonchev–Trinajstić information content (AvgIpc) is 3.35. The van der Waals surface area contributed by atoms with Crippen molar-refractivity contribution in [2.45, 2.75) is 39.4 Å². The average molecular weight is 508 g/mol. The van der Waals surface area contributed by atoms with Crippen LogP contribution in [0.1, 0.15) is 52.7 Å². The minimum atomic E-state index is -0.407. The molecule has 0 bridgehead atoms. The normalized spacial score (nSPS) is 13.6. The summed E-state index contributed by atoms with van der Waals surface area (Å²) in [6, 6.07) is 23.8. The molecule has 0 saturated carbocycles. The van der Waals surface area contributed by atoms with E-state index < -0.39 is 5.54 Å². The third-order valence-corrected chi connectivity index (χ3v) is 6.61. The monoisotopic (exact) mass is 507 g/mol. The first-order valence-electron chi connectivity index (χ1n) is 12.9. The van der Waals surface area contributed by atoms with E-state index in [9.17, 15) is 9.59 Å². The van der Waals surface area contributed by atoms with Gasteiger partial charge in [0.2, 0.25) is 0 Å². The number of rotatable bonds is 5. The van der Waals surface area contributed by atoms with E-state index in [4.69, 9.17) is 0 Å². The number of benzene rings is 3. The van der Waals surface area contributed by atoms with Gasteiger partial charge >= 0.3 is 0 Å². The summed E-state index contributed by atoms with van der Waals surface area (Å²) in [6.07, 6.45) is 3.58. The first kappa shape index (κ1) is 25.3. The molecule has 2 heterocycles. The lowest BCUT2D eigenvalue weighted by molar-refractivity contribution is 0.0743. The lowest BCUT2D eigenvalue weighted by atomic mass is 10.0. The van der Waals surface area contributed by atoms with Gasteiger partial charge < -0.3 is 20.1 Å². The molecule has 0 aliphatic carbocycles. The Hall–Kier alpha value is -4.39. The molecule has 1 aromatic heterocycles. The van der Waals surface area contributed by atoms with Crippen molar-refractivity contribution in [1.82, 2.24) is 20.2 Å². The van der Waals surface area contributed by atoms with Crippen molar-refractivity contribution < 1.29 is 9.59 Å². The predicted octanol–water partition coefficient (Wildman–Crippen LogP) is 5.27. The van der Waals surface area contributed by atoms with Crippen molar-refractivity contribution in [3.8, 4) is 11.1 Å². The minimum Gasteiger partial charge on any atom is -0.364 e. The van der Waals surface area contributed by atoms with Gasteiger partial charge in [-0.2, -0.15) is 0 Å². The molecule has 2 N–H and O–H groups in total. The fourth-order valence-electron chi connectivity index (χ4n) is 4.83. The van der Waals surface area contributed by atoms with E-state index in [1.165, 1.54) is 0 Å². The summed E-state index contributed by atoms with van der Waals surface area (Å²) >= 11 is 0. The molecular weight excluding hydrogens is 474 g/mol. The van der Waals surface area contributed by atoms with Crippen LogP contribution in [0.4, 0.5) is 5.69 Å². The molecule has 0 saturated heterocycles. The third kappa shape index (κ3) is 5.62. The quantitative estimate of drug-likeness (QED) is 0.386. The standard InChI is InChI=1S/C31H33N5O2/c1-31(2,3)34-29(37)26-11-7-8-12-27(26)30(38)36-16-15-35(20-25-18-32-21-33-25)28-14-13-23(17-24(28)19-36)22-9-5-4-6-10-22/h4-14,17-18,21H,15-16,19-20H2,1-3H3,(H,32,33)(H,34,37). The van der Waals surface area contributed by atoms with Crippen LogP contribution in [0.15, 0.2) is 85.3 Å². The van der Waals surface area contributed by atoms with E-state index in [-0.39, 0.29) is 11.8 Å². The second-order valence-corrected chi connectivity index (χ2v) is 10.7. The number of anilines is 1. The number of hydrogen-bond donors (Lipinski definition) is 2. The Morgan fingerprint density at radius 3 is 2.37 bits per heavy atom. The number of amides is 2. The van der Waals surface area contributed by atoms with Crippen LogP contribution in [0, 0.1) is 0 Å². The lowest BCUT2D eigenvalue weighted by Crippen LogP contribution is -2.42. The molecule has 4 aromatic rings. The zero-order valence-electron chi connectivity index (χ0n) is 22.1. The molecule has 194 valence electrons. The number of hydrogen-bond acceptors (Lipinski definition) is 4. The molecule has 38 heavy (non-hydrogen) atoms. The summed E-state index contributed by atoms with van der Waals surface area (Å²) < 4.78 is 0. The summed E-state index contributed by atoms with van der Waals surface area (Å²) in [5.74, 6) is -0.398. The number of carbonyl (C=O) groups is 2. The number of imidazole rings is 1. The van der Waals surface area contributed by atoms with Gasteiger partial charge in [-0.3, -0.25) is 9.59 Å². The minimum absolute atomic E-state index is 0.151. The summed E-state index contributed by atoms with van der Waals surface area (Å²) in [7, 11) is 0. The van der Waals surface area contributed by atoms with Gasteiger partial charge in [-0.1, -0.05) is 48.5 Å². The number of carbonyl (C=O) groups excluding carboxylic acids is 2. The van der Waals surface area contributed by atoms with Crippen molar-refractivity contribution in [3.63, 3.8) is 0 Å². The Balaban J connectivity index is 1.50. The Morgan fingerprint density at radius 2 is 1.66 bits per heavy atom. The van der Waals surface area contributed by atoms with Crippen LogP contribution in [-0.2, 0) is 13.1 Å². The summed E-state index contributed by atoms with van der Waals surface area (Å²) in [6.45, 7) is 8.04. The van der Waals surface area contributed by atoms with Gasteiger partial charge in [0.1, 0.15) is 0 Å². The van der Waals surface area contributed by atoms with E-state index in [0.717, 1.165) is 28.1 Å². The zero-order valence-corrected chi connectivity index (χ0v) is 22.1. The number of H-pyrrole nitrogens is 1. The fraction of sp³-hybridized carbons (Fsp3) is 0.258. The Bertz CT molecular complexity index is 1420. The van der Waals surface area contributed by atoms with Gasteiger partial charge in [0.05, 0.1) is 29.7 Å². The van der Waals surface area contributed by atoms with Crippen LogP contribution in [0.5, 0.6) is 0 Å². The highest BCUT2D eigenvalue weighted by molar-refractivity contribution is 6.07. The van der Waals surface area contributed by atoms with Gasteiger partial charge in [-0.05, 0) is 61.7 Å². The Kier molecular flexibility index (Phi) is 7.01. The summed E-state index contributed by atoms with van der Waals surface area (Å²) in [5.41, 5.74) is 5.70. The summed E-state index contributed by atoms with van der Waals surface area (Å²) in [5, 5.41) is 2.99. The topological polar surface area (TPSA) is 81.3 Å². The highest BCUT2D eigenvalue weighted by Crippen LogP contribution is 2.32. The highest BCUT2D eigenvalue weighted by Gasteiger charge is 2.28. The third-order valence-electron chi connectivity index (χ3n) is 6.61.